The number of sulfonamides is 1. The number of rotatable bonds is 5. The lowest BCUT2D eigenvalue weighted by atomic mass is 10.0. The molecule has 0 spiro atoms. The van der Waals surface area contributed by atoms with Gasteiger partial charge in [-0.15, -0.1) is 0 Å². The van der Waals surface area contributed by atoms with E-state index >= 15 is 0 Å². The highest BCUT2D eigenvalue weighted by Crippen LogP contribution is 2.24. The first-order valence-electron chi connectivity index (χ1n) is 8.54. The number of carbonyl (C=O) groups excluding carboxylic acids is 1. The van der Waals surface area contributed by atoms with Gasteiger partial charge in [-0.3, -0.25) is 4.79 Å². The van der Waals surface area contributed by atoms with E-state index in [2.05, 4.69) is 5.32 Å². The van der Waals surface area contributed by atoms with Crippen molar-refractivity contribution in [3.63, 3.8) is 0 Å². The molecular weight excluding hydrogens is 396 g/mol. The summed E-state index contributed by atoms with van der Waals surface area (Å²) in [6, 6.07) is 21.6. The van der Waals surface area contributed by atoms with Gasteiger partial charge in [0.05, 0.1) is 11.1 Å². The number of nitrogens with two attached hydrogens (primary N) is 1. The van der Waals surface area contributed by atoms with Crippen LogP contribution in [0.25, 0.3) is 11.1 Å². The second-order valence-electron chi connectivity index (χ2n) is 6.37. The van der Waals surface area contributed by atoms with Gasteiger partial charge in [0, 0.05) is 5.56 Å². The highest BCUT2D eigenvalue weighted by molar-refractivity contribution is 7.89. The lowest BCUT2D eigenvalue weighted by Crippen LogP contribution is -2.27. The normalized spacial score (nSPS) is 12.4. The molecule has 3 rings (SSSR count). The van der Waals surface area contributed by atoms with Crippen LogP contribution in [0.15, 0.2) is 77.7 Å². The van der Waals surface area contributed by atoms with Crippen LogP contribution in [-0.4, -0.2) is 14.3 Å². The predicted molar refractivity (Wildman–Crippen MR) is 111 cm³/mol. The molecule has 28 heavy (non-hydrogen) atoms. The second-order valence-corrected chi connectivity index (χ2v) is 8.31. The van der Waals surface area contributed by atoms with Gasteiger partial charge in [0.15, 0.2) is 0 Å². The molecule has 0 fully saturated rings. The van der Waals surface area contributed by atoms with Crippen molar-refractivity contribution in [2.24, 2.45) is 5.14 Å². The fourth-order valence-corrected chi connectivity index (χ4v) is 3.89. The summed E-state index contributed by atoms with van der Waals surface area (Å²) in [5.74, 6) is -0.416. The number of amides is 1. The maximum atomic E-state index is 12.5. The summed E-state index contributed by atoms with van der Waals surface area (Å²) in [7, 11) is -4.01. The summed E-state index contributed by atoms with van der Waals surface area (Å²) in [5, 5.41) is 7.96. The Kier molecular flexibility index (Phi) is 5.84. The number of nitrogens with one attached hydrogen (secondary N) is 1. The topological polar surface area (TPSA) is 89.3 Å². The van der Waals surface area contributed by atoms with E-state index in [-0.39, 0.29) is 21.5 Å². The Balaban J connectivity index is 1.76. The molecule has 0 unspecified atom stereocenters. The Labute approximate surface area is 169 Å². The van der Waals surface area contributed by atoms with Crippen molar-refractivity contribution in [1.82, 2.24) is 5.32 Å². The van der Waals surface area contributed by atoms with Crippen LogP contribution in [0.2, 0.25) is 5.02 Å². The predicted octanol–water partition coefficient (Wildman–Crippen LogP) is 4.15. The van der Waals surface area contributed by atoms with Gasteiger partial charge in [0.25, 0.3) is 5.91 Å². The first-order chi connectivity index (χ1) is 13.3. The van der Waals surface area contributed by atoms with Gasteiger partial charge in [0.2, 0.25) is 10.0 Å². The van der Waals surface area contributed by atoms with Crippen LogP contribution in [0.5, 0.6) is 0 Å². The SMILES string of the molecule is C[C@@H](NC(=O)c1ccc(Cl)c(S(N)(=O)=O)c1)c1ccc(-c2ccccc2)cc1. The van der Waals surface area contributed by atoms with Gasteiger partial charge >= 0.3 is 0 Å². The number of benzene rings is 3. The Morgan fingerprint density at radius 2 is 1.57 bits per heavy atom. The maximum absolute atomic E-state index is 12.5. The van der Waals surface area contributed by atoms with Gasteiger partial charge in [0.1, 0.15) is 4.90 Å². The molecular formula is C21H19ClN2O3S. The molecule has 144 valence electrons. The van der Waals surface area contributed by atoms with E-state index < -0.39 is 15.9 Å². The summed E-state index contributed by atoms with van der Waals surface area (Å²) in [4.78, 5) is 12.2. The van der Waals surface area contributed by atoms with Gasteiger partial charge in [-0.2, -0.15) is 0 Å². The molecule has 7 heteroatoms. The van der Waals surface area contributed by atoms with Crippen LogP contribution < -0.4 is 10.5 Å². The molecule has 0 aromatic heterocycles. The molecule has 0 aliphatic carbocycles. The van der Waals surface area contributed by atoms with Crippen LogP contribution in [0, 0.1) is 0 Å². The van der Waals surface area contributed by atoms with E-state index in [1.54, 1.807) is 0 Å². The standard InChI is InChI=1S/C21H19ClN2O3S/c1-14(15-7-9-17(10-8-15)16-5-3-2-4-6-16)24-21(25)18-11-12-19(22)20(13-18)28(23,26)27/h2-14H,1H3,(H,24,25)(H2,23,26,27)/t14-/m1/s1. The highest BCUT2D eigenvalue weighted by Gasteiger charge is 2.18. The van der Waals surface area contributed by atoms with Crippen LogP contribution in [0.4, 0.5) is 0 Å². The average Bonchev–Trinajstić information content (AvgIpc) is 2.68. The molecule has 0 aliphatic rings. The van der Waals surface area contributed by atoms with E-state index in [9.17, 15) is 13.2 Å². The van der Waals surface area contributed by atoms with Crippen LogP contribution in [-0.2, 0) is 10.0 Å². The zero-order valence-corrected chi connectivity index (χ0v) is 16.7. The van der Waals surface area contributed by atoms with E-state index in [4.69, 9.17) is 16.7 Å². The molecule has 0 radical (unpaired) electrons. The molecule has 0 saturated heterocycles. The first-order valence-corrected chi connectivity index (χ1v) is 10.5. The Bertz CT molecular complexity index is 1100. The molecule has 3 N–H and O–H groups in total. The molecule has 3 aromatic carbocycles. The highest BCUT2D eigenvalue weighted by atomic mass is 35.5. The van der Waals surface area contributed by atoms with Crippen molar-refractivity contribution in [1.29, 1.82) is 0 Å². The number of primary sulfonamides is 1. The van der Waals surface area contributed by atoms with Crippen LogP contribution in [0.1, 0.15) is 28.9 Å². The van der Waals surface area contributed by atoms with Gasteiger partial charge in [-0.25, -0.2) is 13.6 Å². The Morgan fingerprint density at radius 1 is 0.964 bits per heavy atom. The third kappa shape index (κ3) is 4.59. The minimum Gasteiger partial charge on any atom is -0.346 e. The summed E-state index contributed by atoms with van der Waals surface area (Å²) >= 11 is 5.86. The van der Waals surface area contributed by atoms with E-state index in [1.165, 1.54) is 18.2 Å². The summed E-state index contributed by atoms with van der Waals surface area (Å²) in [5.41, 5.74) is 3.29. The van der Waals surface area contributed by atoms with Crippen molar-refractivity contribution in [2.45, 2.75) is 17.9 Å². The Hall–Kier alpha value is -2.67. The van der Waals surface area contributed by atoms with E-state index in [0.717, 1.165) is 16.7 Å². The Morgan fingerprint density at radius 3 is 2.18 bits per heavy atom. The summed E-state index contributed by atoms with van der Waals surface area (Å²) in [6.45, 7) is 1.85. The second kappa shape index (κ2) is 8.14. The average molecular weight is 415 g/mol. The number of halogens is 1. The van der Waals surface area contributed by atoms with Crippen LogP contribution >= 0.6 is 11.6 Å². The largest absolute Gasteiger partial charge is 0.346 e. The van der Waals surface area contributed by atoms with Gasteiger partial charge in [-0.1, -0.05) is 66.2 Å². The van der Waals surface area contributed by atoms with Crippen molar-refractivity contribution >= 4 is 27.5 Å². The van der Waals surface area contributed by atoms with Gasteiger partial charge < -0.3 is 5.32 Å². The molecule has 0 bridgehead atoms. The molecule has 3 aromatic rings. The lowest BCUT2D eigenvalue weighted by molar-refractivity contribution is 0.0939. The molecule has 0 heterocycles. The number of hydrogen-bond acceptors (Lipinski definition) is 3. The van der Waals surface area contributed by atoms with Crippen LogP contribution in [0.3, 0.4) is 0 Å². The first kappa shape index (κ1) is 20.1. The smallest absolute Gasteiger partial charge is 0.251 e. The third-order valence-electron chi connectivity index (χ3n) is 4.37. The fourth-order valence-electron chi connectivity index (χ4n) is 2.82. The van der Waals surface area contributed by atoms with Crippen molar-refractivity contribution in [3.8, 4) is 11.1 Å². The molecule has 0 saturated carbocycles. The van der Waals surface area contributed by atoms with Gasteiger partial charge in [-0.05, 0) is 41.8 Å². The summed E-state index contributed by atoms with van der Waals surface area (Å²) < 4.78 is 23.2. The number of hydrogen-bond donors (Lipinski definition) is 2. The van der Waals surface area contributed by atoms with Crippen molar-refractivity contribution in [2.75, 3.05) is 0 Å². The zero-order chi connectivity index (χ0) is 20.3. The molecule has 1 atom stereocenters. The molecule has 5 nitrogen and oxygen atoms in total. The lowest BCUT2D eigenvalue weighted by Gasteiger charge is -2.15. The fraction of sp³-hybridized carbons (Fsp3) is 0.0952. The zero-order valence-electron chi connectivity index (χ0n) is 15.1. The number of carbonyl (C=O) groups is 1. The minimum atomic E-state index is -4.01. The van der Waals surface area contributed by atoms with E-state index in [1.807, 2.05) is 61.5 Å². The summed E-state index contributed by atoms with van der Waals surface area (Å²) in [6.07, 6.45) is 0. The maximum Gasteiger partial charge on any atom is 0.251 e. The third-order valence-corrected chi connectivity index (χ3v) is 5.76. The van der Waals surface area contributed by atoms with Crippen molar-refractivity contribution < 1.29 is 13.2 Å². The van der Waals surface area contributed by atoms with Crippen molar-refractivity contribution in [3.05, 3.63) is 88.9 Å². The molecule has 0 aliphatic heterocycles. The van der Waals surface area contributed by atoms with E-state index in [0.29, 0.717) is 0 Å². The molecule has 1 amide bonds. The minimum absolute atomic E-state index is 0.0244. The monoisotopic (exact) mass is 414 g/mol. The quantitative estimate of drug-likeness (QED) is 0.657.